The van der Waals surface area contributed by atoms with E-state index in [1.54, 1.807) is 0 Å². The molecule has 0 saturated carbocycles. The van der Waals surface area contributed by atoms with Gasteiger partial charge in [0.1, 0.15) is 17.2 Å². The standard InChI is InChI=1S/C8H5F3N4/c1-2-13-5-3(8(12)14-2)4(9)6(10)15-7(5)11/h1H3,(H2,12,13,14). The van der Waals surface area contributed by atoms with Crippen LogP contribution < -0.4 is 5.73 Å². The summed E-state index contributed by atoms with van der Waals surface area (Å²) in [7, 11) is 0. The summed E-state index contributed by atoms with van der Waals surface area (Å²) in [6.45, 7) is 1.45. The van der Waals surface area contributed by atoms with Gasteiger partial charge in [-0.15, -0.1) is 0 Å². The molecule has 2 aromatic rings. The number of halogens is 3. The molecule has 0 aliphatic rings. The third-order valence-electron chi connectivity index (χ3n) is 1.84. The molecular weight excluding hydrogens is 209 g/mol. The predicted octanol–water partition coefficient (Wildman–Crippen LogP) is 1.33. The van der Waals surface area contributed by atoms with Gasteiger partial charge in [-0.2, -0.15) is 13.8 Å². The van der Waals surface area contributed by atoms with Crippen LogP contribution >= 0.6 is 0 Å². The van der Waals surface area contributed by atoms with Gasteiger partial charge >= 0.3 is 0 Å². The van der Waals surface area contributed by atoms with E-state index in [1.807, 2.05) is 0 Å². The SMILES string of the molecule is Cc1nc(N)c2c(F)c(F)nc(F)c2n1. The molecule has 7 heteroatoms. The van der Waals surface area contributed by atoms with Gasteiger partial charge in [0.2, 0.25) is 5.95 Å². The predicted molar refractivity (Wildman–Crippen MR) is 46.4 cm³/mol. The molecule has 0 spiro atoms. The fraction of sp³-hybridized carbons (Fsp3) is 0.125. The maximum atomic E-state index is 13.2. The lowest BCUT2D eigenvalue weighted by Crippen LogP contribution is -2.05. The molecule has 0 bridgehead atoms. The van der Waals surface area contributed by atoms with Crippen LogP contribution in [0.5, 0.6) is 0 Å². The Bertz CT molecular complexity index is 555. The normalized spacial score (nSPS) is 10.9. The van der Waals surface area contributed by atoms with Crippen molar-refractivity contribution in [1.29, 1.82) is 0 Å². The van der Waals surface area contributed by atoms with Crippen LogP contribution in [0.4, 0.5) is 19.0 Å². The summed E-state index contributed by atoms with van der Waals surface area (Å²) in [6.07, 6.45) is 0. The van der Waals surface area contributed by atoms with Gasteiger partial charge in [0.25, 0.3) is 5.95 Å². The minimum atomic E-state index is -1.56. The molecule has 2 rings (SSSR count). The van der Waals surface area contributed by atoms with Crippen molar-refractivity contribution in [3.05, 3.63) is 23.5 Å². The molecule has 0 aliphatic carbocycles. The largest absolute Gasteiger partial charge is 0.383 e. The zero-order chi connectivity index (χ0) is 11.2. The molecule has 0 aliphatic heterocycles. The summed E-state index contributed by atoms with van der Waals surface area (Å²) in [4.78, 5) is 9.94. The topological polar surface area (TPSA) is 64.7 Å². The van der Waals surface area contributed by atoms with Crippen LogP contribution in [0.1, 0.15) is 5.82 Å². The van der Waals surface area contributed by atoms with E-state index in [1.165, 1.54) is 6.92 Å². The number of rotatable bonds is 0. The third-order valence-corrected chi connectivity index (χ3v) is 1.84. The van der Waals surface area contributed by atoms with Gasteiger partial charge in [-0.25, -0.2) is 14.4 Å². The minimum absolute atomic E-state index is 0.159. The number of nitrogens with two attached hydrogens (primary N) is 1. The molecule has 0 saturated heterocycles. The monoisotopic (exact) mass is 214 g/mol. The number of anilines is 1. The first kappa shape index (κ1) is 9.63. The Labute approximate surface area is 82.0 Å². The van der Waals surface area contributed by atoms with Gasteiger partial charge in [-0.1, -0.05) is 0 Å². The molecule has 0 aromatic carbocycles. The second-order valence-electron chi connectivity index (χ2n) is 2.89. The average Bonchev–Trinajstić information content (AvgIpc) is 2.13. The second-order valence-corrected chi connectivity index (χ2v) is 2.89. The Kier molecular flexibility index (Phi) is 1.95. The van der Waals surface area contributed by atoms with Crippen LogP contribution in [0.3, 0.4) is 0 Å². The maximum Gasteiger partial charge on any atom is 0.252 e. The van der Waals surface area contributed by atoms with E-state index in [4.69, 9.17) is 5.73 Å². The first-order chi connectivity index (χ1) is 7.00. The van der Waals surface area contributed by atoms with Crippen molar-refractivity contribution in [2.75, 3.05) is 5.73 Å². The van der Waals surface area contributed by atoms with E-state index >= 15 is 0 Å². The molecule has 15 heavy (non-hydrogen) atoms. The molecule has 4 nitrogen and oxygen atoms in total. The third kappa shape index (κ3) is 1.36. The molecule has 0 atom stereocenters. The Morgan fingerprint density at radius 1 is 1.00 bits per heavy atom. The lowest BCUT2D eigenvalue weighted by molar-refractivity contribution is 0.457. The lowest BCUT2D eigenvalue weighted by Gasteiger charge is -2.04. The molecule has 2 heterocycles. The van der Waals surface area contributed by atoms with Crippen molar-refractivity contribution in [3.63, 3.8) is 0 Å². The van der Waals surface area contributed by atoms with E-state index in [0.717, 1.165) is 0 Å². The second kappa shape index (κ2) is 3.04. The molecular formula is C8H5F3N4. The molecule has 0 amide bonds. The number of fused-ring (bicyclic) bond motifs is 1. The van der Waals surface area contributed by atoms with Crippen LogP contribution in [0, 0.1) is 24.6 Å². The molecule has 2 N–H and O–H groups in total. The first-order valence-corrected chi connectivity index (χ1v) is 3.95. The fourth-order valence-corrected chi connectivity index (χ4v) is 1.25. The summed E-state index contributed by atoms with van der Waals surface area (Å²) < 4.78 is 39.1. The van der Waals surface area contributed by atoms with Crippen LogP contribution in [0.2, 0.25) is 0 Å². The highest BCUT2D eigenvalue weighted by Gasteiger charge is 2.18. The summed E-state index contributed by atoms with van der Waals surface area (Å²) in [5.74, 6) is -4.26. The fourth-order valence-electron chi connectivity index (χ4n) is 1.25. The summed E-state index contributed by atoms with van der Waals surface area (Å²) >= 11 is 0. The van der Waals surface area contributed by atoms with Gasteiger partial charge in [-0.05, 0) is 6.92 Å². The van der Waals surface area contributed by atoms with Gasteiger partial charge < -0.3 is 5.73 Å². The minimum Gasteiger partial charge on any atom is -0.383 e. The summed E-state index contributed by atoms with van der Waals surface area (Å²) in [6, 6.07) is 0. The number of nitrogen functional groups attached to an aromatic ring is 1. The van der Waals surface area contributed by atoms with E-state index in [0.29, 0.717) is 0 Å². The van der Waals surface area contributed by atoms with Gasteiger partial charge in [-0.3, -0.25) is 0 Å². The van der Waals surface area contributed by atoms with Crippen LogP contribution in [-0.4, -0.2) is 15.0 Å². The van der Waals surface area contributed by atoms with Crippen molar-refractivity contribution in [2.24, 2.45) is 0 Å². The van der Waals surface area contributed by atoms with E-state index in [9.17, 15) is 13.2 Å². The Morgan fingerprint density at radius 2 is 1.67 bits per heavy atom. The molecule has 0 unspecified atom stereocenters. The van der Waals surface area contributed by atoms with Crippen LogP contribution in [-0.2, 0) is 0 Å². The Morgan fingerprint density at radius 3 is 2.33 bits per heavy atom. The number of aromatic nitrogens is 3. The molecule has 0 fully saturated rings. The van der Waals surface area contributed by atoms with Crippen molar-refractivity contribution >= 4 is 16.7 Å². The number of aryl methyl sites for hydroxylation is 1. The van der Waals surface area contributed by atoms with Crippen LogP contribution in [0.15, 0.2) is 0 Å². The molecule has 2 aromatic heterocycles. The quantitative estimate of drug-likeness (QED) is 0.672. The number of nitrogens with zero attached hydrogens (tertiary/aromatic N) is 3. The maximum absolute atomic E-state index is 13.2. The van der Waals surface area contributed by atoms with Gasteiger partial charge in [0.15, 0.2) is 5.82 Å². The zero-order valence-electron chi connectivity index (χ0n) is 7.55. The van der Waals surface area contributed by atoms with Crippen molar-refractivity contribution in [3.8, 4) is 0 Å². The Balaban J connectivity index is 3.03. The molecule has 78 valence electrons. The van der Waals surface area contributed by atoms with Crippen molar-refractivity contribution < 1.29 is 13.2 Å². The van der Waals surface area contributed by atoms with E-state index < -0.39 is 28.6 Å². The van der Waals surface area contributed by atoms with Gasteiger partial charge in [0.05, 0.1) is 5.39 Å². The average molecular weight is 214 g/mol. The Hall–Kier alpha value is -1.92. The first-order valence-electron chi connectivity index (χ1n) is 3.95. The van der Waals surface area contributed by atoms with Crippen LogP contribution in [0.25, 0.3) is 10.9 Å². The van der Waals surface area contributed by atoms with Gasteiger partial charge in [0, 0.05) is 0 Å². The van der Waals surface area contributed by atoms with E-state index in [-0.39, 0.29) is 11.6 Å². The van der Waals surface area contributed by atoms with Crippen molar-refractivity contribution in [2.45, 2.75) is 6.92 Å². The zero-order valence-corrected chi connectivity index (χ0v) is 7.55. The summed E-state index contributed by atoms with van der Waals surface area (Å²) in [5.41, 5.74) is 4.93. The molecule has 0 radical (unpaired) electrons. The number of pyridine rings is 1. The highest BCUT2D eigenvalue weighted by molar-refractivity contribution is 5.88. The highest BCUT2D eigenvalue weighted by Crippen LogP contribution is 2.23. The smallest absolute Gasteiger partial charge is 0.252 e. The lowest BCUT2D eigenvalue weighted by atomic mass is 10.2. The number of hydrogen-bond acceptors (Lipinski definition) is 4. The highest BCUT2D eigenvalue weighted by atomic mass is 19.2. The van der Waals surface area contributed by atoms with E-state index in [2.05, 4.69) is 15.0 Å². The number of hydrogen-bond donors (Lipinski definition) is 1. The summed E-state index contributed by atoms with van der Waals surface area (Å²) in [5, 5.41) is -0.481. The van der Waals surface area contributed by atoms with Crippen molar-refractivity contribution in [1.82, 2.24) is 15.0 Å².